The van der Waals surface area contributed by atoms with Crippen LogP contribution in [0.1, 0.15) is 53.4 Å². The molecule has 2 saturated heterocycles. The molecule has 0 aromatic heterocycles. The summed E-state index contributed by atoms with van der Waals surface area (Å²) < 4.78 is 0. The van der Waals surface area contributed by atoms with Crippen LogP contribution in [0.5, 0.6) is 0 Å². The van der Waals surface area contributed by atoms with E-state index in [1.54, 1.807) is 0 Å². The lowest BCUT2D eigenvalue weighted by molar-refractivity contribution is 0.0772. The molecule has 4 heteroatoms. The Bertz CT molecular complexity index is 364. The van der Waals surface area contributed by atoms with Gasteiger partial charge in [-0.1, -0.05) is 13.8 Å². The van der Waals surface area contributed by atoms with Crippen molar-refractivity contribution in [2.45, 2.75) is 58.9 Å². The van der Waals surface area contributed by atoms with Crippen LogP contribution in [0.25, 0.3) is 0 Å². The summed E-state index contributed by atoms with van der Waals surface area (Å²) in [7, 11) is 0. The Morgan fingerprint density at radius 2 is 1.71 bits per heavy atom. The van der Waals surface area contributed by atoms with Gasteiger partial charge in [-0.3, -0.25) is 9.89 Å². The van der Waals surface area contributed by atoms with Crippen LogP contribution in [0.4, 0.5) is 0 Å². The fraction of sp³-hybridized carbons (Fsp3) is 0.941. The maximum Gasteiger partial charge on any atom is 0.191 e. The lowest BCUT2D eigenvalue weighted by Gasteiger charge is -2.42. The van der Waals surface area contributed by atoms with Gasteiger partial charge in [0.05, 0.1) is 6.54 Å². The Hall–Kier alpha value is -0.770. The van der Waals surface area contributed by atoms with Crippen LogP contribution in [-0.4, -0.2) is 54.0 Å². The summed E-state index contributed by atoms with van der Waals surface area (Å²) in [5, 5.41) is 0. The number of hydrogen-bond donors (Lipinski definition) is 1. The molecule has 4 nitrogen and oxygen atoms in total. The molecule has 0 aromatic carbocycles. The third kappa shape index (κ3) is 4.60. The van der Waals surface area contributed by atoms with Gasteiger partial charge in [0.15, 0.2) is 5.96 Å². The molecule has 21 heavy (non-hydrogen) atoms. The van der Waals surface area contributed by atoms with E-state index in [2.05, 4.69) is 37.5 Å². The molecule has 0 saturated carbocycles. The van der Waals surface area contributed by atoms with Gasteiger partial charge in [0.2, 0.25) is 0 Å². The third-order valence-electron chi connectivity index (χ3n) is 5.12. The van der Waals surface area contributed by atoms with Crippen LogP contribution in [0, 0.1) is 11.8 Å². The van der Waals surface area contributed by atoms with E-state index in [9.17, 15) is 0 Å². The van der Waals surface area contributed by atoms with Crippen molar-refractivity contribution in [1.29, 1.82) is 0 Å². The van der Waals surface area contributed by atoms with Gasteiger partial charge in [-0.25, -0.2) is 0 Å². The van der Waals surface area contributed by atoms with E-state index >= 15 is 0 Å². The normalized spacial score (nSPS) is 29.7. The van der Waals surface area contributed by atoms with E-state index in [1.807, 2.05) is 0 Å². The molecule has 2 aliphatic heterocycles. The molecule has 0 amide bonds. The summed E-state index contributed by atoms with van der Waals surface area (Å²) in [6.45, 7) is 14.6. The number of nitrogens with two attached hydrogens (primary N) is 1. The van der Waals surface area contributed by atoms with Crippen molar-refractivity contribution in [1.82, 2.24) is 9.80 Å². The van der Waals surface area contributed by atoms with Crippen molar-refractivity contribution in [3.63, 3.8) is 0 Å². The Morgan fingerprint density at radius 1 is 1.10 bits per heavy atom. The van der Waals surface area contributed by atoms with Crippen LogP contribution >= 0.6 is 0 Å². The van der Waals surface area contributed by atoms with E-state index in [4.69, 9.17) is 10.7 Å². The molecular formula is C17H34N4. The Labute approximate surface area is 130 Å². The number of aliphatic imine (C=N–C) groups is 1. The van der Waals surface area contributed by atoms with E-state index in [0.717, 1.165) is 37.4 Å². The van der Waals surface area contributed by atoms with Crippen LogP contribution < -0.4 is 5.73 Å². The van der Waals surface area contributed by atoms with Gasteiger partial charge in [0.1, 0.15) is 0 Å². The fourth-order valence-electron chi connectivity index (χ4n) is 3.61. The second kappa shape index (κ2) is 6.99. The molecule has 2 atom stereocenters. The predicted molar refractivity (Wildman–Crippen MR) is 90.5 cm³/mol. The van der Waals surface area contributed by atoms with Crippen LogP contribution in [0.3, 0.4) is 0 Å². The summed E-state index contributed by atoms with van der Waals surface area (Å²) in [6, 6.07) is 0. The van der Waals surface area contributed by atoms with E-state index in [-0.39, 0.29) is 5.54 Å². The number of piperidine rings is 2. The van der Waals surface area contributed by atoms with Gasteiger partial charge in [-0.05, 0) is 57.9 Å². The first kappa shape index (κ1) is 16.6. The highest BCUT2D eigenvalue weighted by atomic mass is 15.3. The Kier molecular flexibility index (Phi) is 5.53. The first-order valence-corrected chi connectivity index (χ1v) is 8.68. The van der Waals surface area contributed by atoms with Crippen molar-refractivity contribution in [2.24, 2.45) is 22.6 Å². The molecule has 122 valence electrons. The molecular weight excluding hydrogens is 260 g/mol. The van der Waals surface area contributed by atoms with Gasteiger partial charge in [-0.15, -0.1) is 0 Å². The quantitative estimate of drug-likeness (QED) is 0.642. The highest BCUT2D eigenvalue weighted by Crippen LogP contribution is 2.24. The molecule has 2 rings (SSSR count). The standard InChI is InChI=1S/C17H34N4/c1-14-7-5-9-20(11-14)16(18)19-13-17(3,4)21-10-6-8-15(2)12-21/h14-15H,5-13H2,1-4H3,(H2,18,19). The highest BCUT2D eigenvalue weighted by molar-refractivity contribution is 5.78. The maximum atomic E-state index is 6.23. The highest BCUT2D eigenvalue weighted by Gasteiger charge is 2.30. The molecule has 0 radical (unpaired) electrons. The van der Waals surface area contributed by atoms with Crippen molar-refractivity contribution < 1.29 is 0 Å². The van der Waals surface area contributed by atoms with Gasteiger partial charge in [0, 0.05) is 25.2 Å². The van der Waals surface area contributed by atoms with Gasteiger partial charge < -0.3 is 10.6 Å². The maximum absolute atomic E-state index is 6.23. The predicted octanol–water partition coefficient (Wildman–Crippen LogP) is 2.54. The summed E-state index contributed by atoms with van der Waals surface area (Å²) in [6.07, 6.45) is 5.24. The zero-order valence-electron chi connectivity index (χ0n) is 14.4. The molecule has 0 spiro atoms. The van der Waals surface area contributed by atoms with Crippen molar-refractivity contribution in [2.75, 3.05) is 32.7 Å². The van der Waals surface area contributed by atoms with Gasteiger partial charge in [0.25, 0.3) is 0 Å². The average Bonchev–Trinajstić information content (AvgIpc) is 2.45. The largest absolute Gasteiger partial charge is 0.370 e. The molecule has 2 N–H and O–H groups in total. The second-order valence-electron chi connectivity index (χ2n) is 7.87. The second-order valence-corrected chi connectivity index (χ2v) is 7.87. The van der Waals surface area contributed by atoms with Crippen molar-refractivity contribution >= 4 is 5.96 Å². The van der Waals surface area contributed by atoms with E-state index in [0.29, 0.717) is 0 Å². The number of guanidine groups is 1. The zero-order valence-corrected chi connectivity index (χ0v) is 14.4. The fourth-order valence-corrected chi connectivity index (χ4v) is 3.61. The van der Waals surface area contributed by atoms with Gasteiger partial charge in [-0.2, -0.15) is 0 Å². The van der Waals surface area contributed by atoms with Gasteiger partial charge >= 0.3 is 0 Å². The topological polar surface area (TPSA) is 44.9 Å². The first-order valence-electron chi connectivity index (χ1n) is 8.68. The summed E-state index contributed by atoms with van der Waals surface area (Å²) >= 11 is 0. The summed E-state index contributed by atoms with van der Waals surface area (Å²) in [5.74, 6) is 2.30. The zero-order chi connectivity index (χ0) is 15.5. The first-order chi connectivity index (χ1) is 9.88. The Balaban J connectivity index is 1.91. The minimum Gasteiger partial charge on any atom is -0.370 e. The lowest BCUT2D eigenvalue weighted by atomic mass is 9.94. The van der Waals surface area contributed by atoms with Crippen molar-refractivity contribution in [3.05, 3.63) is 0 Å². The molecule has 2 fully saturated rings. The monoisotopic (exact) mass is 294 g/mol. The minimum absolute atomic E-state index is 0.112. The van der Waals surface area contributed by atoms with Crippen LogP contribution in [-0.2, 0) is 0 Å². The number of hydrogen-bond acceptors (Lipinski definition) is 2. The number of rotatable bonds is 3. The SMILES string of the molecule is CC1CCCN(C(N)=NCC(C)(C)N2CCCC(C)C2)C1. The van der Waals surface area contributed by atoms with E-state index in [1.165, 1.54) is 38.8 Å². The average molecular weight is 294 g/mol. The molecule has 2 heterocycles. The lowest BCUT2D eigenvalue weighted by Crippen LogP contribution is -2.51. The number of likely N-dealkylation sites (tertiary alicyclic amines) is 2. The van der Waals surface area contributed by atoms with Crippen molar-refractivity contribution in [3.8, 4) is 0 Å². The molecule has 2 unspecified atom stereocenters. The van der Waals surface area contributed by atoms with E-state index < -0.39 is 0 Å². The molecule has 0 aromatic rings. The molecule has 2 aliphatic rings. The minimum atomic E-state index is 0.112. The van der Waals surface area contributed by atoms with Crippen LogP contribution in [0.2, 0.25) is 0 Å². The Morgan fingerprint density at radius 3 is 2.33 bits per heavy atom. The summed E-state index contributed by atoms with van der Waals surface area (Å²) in [4.78, 5) is 9.59. The van der Waals surface area contributed by atoms with Crippen LogP contribution in [0.15, 0.2) is 4.99 Å². The smallest absolute Gasteiger partial charge is 0.191 e. The molecule has 0 aliphatic carbocycles. The summed E-state index contributed by atoms with van der Waals surface area (Å²) in [5.41, 5.74) is 6.34. The molecule has 0 bridgehead atoms. The number of nitrogens with zero attached hydrogens (tertiary/aromatic N) is 3. The third-order valence-corrected chi connectivity index (χ3v) is 5.12.